The van der Waals surface area contributed by atoms with Gasteiger partial charge in [-0.05, 0) is 18.2 Å². The molecule has 0 atom stereocenters. The van der Waals surface area contributed by atoms with Gasteiger partial charge in [-0.3, -0.25) is 0 Å². The molecule has 1 aromatic rings. The summed E-state index contributed by atoms with van der Waals surface area (Å²) in [6.07, 6.45) is 5.06. The van der Waals surface area contributed by atoms with Gasteiger partial charge in [-0.2, -0.15) is 0 Å². The van der Waals surface area contributed by atoms with Crippen LogP contribution in [0.2, 0.25) is 0 Å². The summed E-state index contributed by atoms with van der Waals surface area (Å²) in [7, 11) is 0. The van der Waals surface area contributed by atoms with E-state index in [1.807, 2.05) is 0 Å². The van der Waals surface area contributed by atoms with Crippen LogP contribution < -0.4 is 5.73 Å². The average molecular weight is 181 g/mol. The van der Waals surface area contributed by atoms with Gasteiger partial charge in [0.25, 0.3) is 0 Å². The highest BCUT2D eigenvalue weighted by molar-refractivity contribution is 7.99. The second-order valence-corrected chi connectivity index (χ2v) is 3.26. The molecule has 3 heteroatoms. The topological polar surface area (TPSA) is 26.0 Å². The van der Waals surface area contributed by atoms with E-state index in [0.717, 1.165) is 4.90 Å². The van der Waals surface area contributed by atoms with Crippen LogP contribution in [-0.4, -0.2) is 5.75 Å². The molecule has 0 aromatic heterocycles. The van der Waals surface area contributed by atoms with E-state index < -0.39 is 0 Å². The molecular formula is C9H8FNS. The van der Waals surface area contributed by atoms with Crippen molar-refractivity contribution < 1.29 is 4.39 Å². The Morgan fingerprint density at radius 1 is 1.50 bits per heavy atom. The quantitative estimate of drug-likeness (QED) is 0.429. The average Bonchev–Trinajstić information content (AvgIpc) is 1.99. The first-order chi connectivity index (χ1) is 5.72. The zero-order valence-electron chi connectivity index (χ0n) is 6.38. The monoisotopic (exact) mass is 181 g/mol. The zero-order chi connectivity index (χ0) is 8.97. The van der Waals surface area contributed by atoms with E-state index in [9.17, 15) is 4.39 Å². The Morgan fingerprint density at radius 2 is 2.25 bits per heavy atom. The second-order valence-electron chi connectivity index (χ2n) is 2.21. The van der Waals surface area contributed by atoms with E-state index in [1.54, 1.807) is 6.07 Å². The highest BCUT2D eigenvalue weighted by Gasteiger charge is 1.97. The molecule has 0 aliphatic rings. The summed E-state index contributed by atoms with van der Waals surface area (Å²) < 4.78 is 12.7. The van der Waals surface area contributed by atoms with E-state index in [4.69, 9.17) is 12.2 Å². The fraction of sp³-hybridized carbons (Fsp3) is 0.111. The maximum Gasteiger partial charge on any atom is 0.126 e. The van der Waals surface area contributed by atoms with E-state index in [1.165, 1.54) is 23.9 Å². The number of anilines is 1. The van der Waals surface area contributed by atoms with Crippen molar-refractivity contribution >= 4 is 17.4 Å². The SMILES string of the molecule is C#CCSc1cc(N)cc(F)c1. The van der Waals surface area contributed by atoms with Crippen LogP contribution in [0, 0.1) is 18.2 Å². The van der Waals surface area contributed by atoms with Crippen molar-refractivity contribution in [3.8, 4) is 12.3 Å². The van der Waals surface area contributed by atoms with Crippen LogP contribution in [0.1, 0.15) is 0 Å². The maximum absolute atomic E-state index is 12.7. The van der Waals surface area contributed by atoms with Crippen LogP contribution in [-0.2, 0) is 0 Å². The van der Waals surface area contributed by atoms with Gasteiger partial charge in [0.05, 0.1) is 5.75 Å². The minimum absolute atomic E-state index is 0.325. The molecule has 1 aromatic carbocycles. The first-order valence-corrected chi connectivity index (χ1v) is 4.33. The Balaban J connectivity index is 2.80. The van der Waals surface area contributed by atoms with Crippen molar-refractivity contribution in [1.29, 1.82) is 0 Å². The summed E-state index contributed by atoms with van der Waals surface area (Å²) in [6, 6.07) is 4.39. The number of hydrogen-bond acceptors (Lipinski definition) is 2. The van der Waals surface area contributed by atoms with Gasteiger partial charge in [0.1, 0.15) is 5.82 Å². The lowest BCUT2D eigenvalue weighted by Gasteiger charge is -1.99. The number of halogens is 1. The van der Waals surface area contributed by atoms with E-state index in [-0.39, 0.29) is 5.82 Å². The summed E-state index contributed by atoms with van der Waals surface area (Å²) in [5, 5.41) is 0. The lowest BCUT2D eigenvalue weighted by Crippen LogP contribution is -1.87. The number of rotatable bonds is 2. The lowest BCUT2D eigenvalue weighted by atomic mass is 10.3. The molecular weight excluding hydrogens is 173 g/mol. The molecule has 0 aliphatic carbocycles. The molecule has 0 unspecified atom stereocenters. The molecule has 0 aliphatic heterocycles. The largest absolute Gasteiger partial charge is 0.399 e. The number of thioether (sulfide) groups is 1. The predicted molar refractivity (Wildman–Crippen MR) is 50.4 cm³/mol. The summed E-state index contributed by atoms with van der Waals surface area (Å²) >= 11 is 1.39. The van der Waals surface area contributed by atoms with Gasteiger partial charge in [0.15, 0.2) is 0 Å². The molecule has 0 spiro atoms. The summed E-state index contributed by atoms with van der Waals surface area (Å²) in [5.41, 5.74) is 5.85. The first kappa shape index (κ1) is 8.95. The van der Waals surface area contributed by atoms with Crippen LogP contribution in [0.5, 0.6) is 0 Å². The number of hydrogen-bond donors (Lipinski definition) is 1. The van der Waals surface area contributed by atoms with Gasteiger partial charge >= 0.3 is 0 Å². The molecule has 1 nitrogen and oxygen atoms in total. The van der Waals surface area contributed by atoms with Crippen molar-refractivity contribution in [2.45, 2.75) is 4.90 Å². The molecule has 0 radical (unpaired) electrons. The smallest absolute Gasteiger partial charge is 0.126 e. The molecule has 0 saturated heterocycles. The lowest BCUT2D eigenvalue weighted by molar-refractivity contribution is 0.625. The van der Waals surface area contributed by atoms with Crippen molar-refractivity contribution in [3.63, 3.8) is 0 Å². The standard InChI is InChI=1S/C9H8FNS/c1-2-3-12-9-5-7(10)4-8(11)6-9/h1,4-6H,3,11H2. The highest BCUT2D eigenvalue weighted by atomic mass is 32.2. The Morgan fingerprint density at radius 3 is 2.83 bits per heavy atom. The third kappa shape index (κ3) is 2.48. The molecule has 0 heterocycles. The second kappa shape index (κ2) is 4.03. The summed E-state index contributed by atoms with van der Waals surface area (Å²) in [5.74, 6) is 2.66. The van der Waals surface area contributed by atoms with Crippen molar-refractivity contribution in [1.82, 2.24) is 0 Å². The number of nitrogens with two attached hydrogens (primary N) is 1. The predicted octanol–water partition coefficient (Wildman–Crippen LogP) is 2.13. The molecule has 1 rings (SSSR count). The van der Waals surface area contributed by atoms with Crippen molar-refractivity contribution in [2.75, 3.05) is 11.5 Å². The first-order valence-electron chi connectivity index (χ1n) is 3.34. The minimum atomic E-state index is -0.325. The van der Waals surface area contributed by atoms with Crippen molar-refractivity contribution in [2.24, 2.45) is 0 Å². The molecule has 12 heavy (non-hydrogen) atoms. The van der Waals surface area contributed by atoms with E-state index in [2.05, 4.69) is 5.92 Å². The third-order valence-electron chi connectivity index (χ3n) is 1.22. The molecule has 62 valence electrons. The molecule has 0 amide bonds. The van der Waals surface area contributed by atoms with Gasteiger partial charge < -0.3 is 5.73 Å². The number of terminal acetylenes is 1. The highest BCUT2D eigenvalue weighted by Crippen LogP contribution is 2.21. The Labute approximate surface area is 75.2 Å². The van der Waals surface area contributed by atoms with Crippen LogP contribution in [0.15, 0.2) is 23.1 Å². The van der Waals surface area contributed by atoms with Gasteiger partial charge in [-0.15, -0.1) is 18.2 Å². The van der Waals surface area contributed by atoms with E-state index in [0.29, 0.717) is 11.4 Å². The van der Waals surface area contributed by atoms with Gasteiger partial charge in [0, 0.05) is 10.6 Å². The Kier molecular flexibility index (Phi) is 3.01. The van der Waals surface area contributed by atoms with Crippen LogP contribution in [0.25, 0.3) is 0 Å². The van der Waals surface area contributed by atoms with E-state index >= 15 is 0 Å². The zero-order valence-corrected chi connectivity index (χ0v) is 7.20. The normalized spacial score (nSPS) is 9.33. The van der Waals surface area contributed by atoms with Gasteiger partial charge in [-0.1, -0.05) is 5.92 Å². The molecule has 0 saturated carbocycles. The number of nitrogen functional groups attached to an aromatic ring is 1. The summed E-state index contributed by atoms with van der Waals surface area (Å²) in [4.78, 5) is 0.769. The Bertz CT molecular complexity index is 297. The Hall–Kier alpha value is -1.14. The van der Waals surface area contributed by atoms with Crippen LogP contribution in [0.4, 0.5) is 10.1 Å². The van der Waals surface area contributed by atoms with Gasteiger partial charge in [-0.25, -0.2) is 4.39 Å². The summed E-state index contributed by atoms with van der Waals surface area (Å²) in [6.45, 7) is 0. The van der Waals surface area contributed by atoms with Gasteiger partial charge in [0.2, 0.25) is 0 Å². The molecule has 0 fully saturated rings. The maximum atomic E-state index is 12.7. The fourth-order valence-corrected chi connectivity index (χ4v) is 1.46. The molecule has 2 N–H and O–H groups in total. The third-order valence-corrected chi connectivity index (χ3v) is 2.10. The van der Waals surface area contributed by atoms with Crippen LogP contribution in [0.3, 0.4) is 0 Å². The van der Waals surface area contributed by atoms with Crippen LogP contribution >= 0.6 is 11.8 Å². The molecule has 0 bridgehead atoms. The number of benzene rings is 1. The minimum Gasteiger partial charge on any atom is -0.399 e. The fourth-order valence-electron chi connectivity index (χ4n) is 0.793. The van der Waals surface area contributed by atoms with Crippen molar-refractivity contribution in [3.05, 3.63) is 24.0 Å².